The van der Waals surface area contributed by atoms with E-state index in [1.165, 1.54) is 57.1 Å². The summed E-state index contributed by atoms with van der Waals surface area (Å²) in [6.45, 7) is 3.35. The van der Waals surface area contributed by atoms with Gasteiger partial charge >= 0.3 is 0 Å². The van der Waals surface area contributed by atoms with Gasteiger partial charge in [-0.3, -0.25) is 9.69 Å². The summed E-state index contributed by atoms with van der Waals surface area (Å²) < 4.78 is 13.0. The number of piperidine rings is 1. The fraction of sp³-hybridized carbons (Fsp3) is 0.542. The number of rotatable bonds is 5. The van der Waals surface area contributed by atoms with E-state index in [0.29, 0.717) is 23.8 Å². The number of hydrogen-bond acceptors (Lipinski definition) is 4. The summed E-state index contributed by atoms with van der Waals surface area (Å²) in [6.07, 6.45) is 11.8. The highest BCUT2D eigenvalue weighted by Crippen LogP contribution is 2.35. The van der Waals surface area contributed by atoms with Crippen LogP contribution in [0.4, 0.5) is 4.39 Å². The number of benzene rings is 1. The zero-order valence-electron chi connectivity index (χ0n) is 17.7. The number of carbonyl (C=O) groups is 1. The smallest absolute Gasteiger partial charge is 0.254 e. The second-order valence-corrected chi connectivity index (χ2v) is 8.58. The van der Waals surface area contributed by atoms with E-state index in [2.05, 4.69) is 15.2 Å². The monoisotopic (exact) mass is 410 g/mol. The summed E-state index contributed by atoms with van der Waals surface area (Å²) in [5, 5.41) is 2.88. The maximum atomic E-state index is 13.0. The second kappa shape index (κ2) is 9.65. The van der Waals surface area contributed by atoms with Crippen molar-refractivity contribution in [3.8, 4) is 0 Å². The minimum atomic E-state index is -0.283. The third-order valence-electron chi connectivity index (χ3n) is 6.49. The first-order valence-corrected chi connectivity index (χ1v) is 11.2. The topological polar surface area (TPSA) is 58.1 Å². The standard InChI is InChI=1S/C24H31FN4O/c1-17-21(24(30)27-15-18-10-12-19(25)13-11-18)16-26-23(28-17)22-9-5-6-14-29(22)20-7-3-2-4-8-20/h10-13,16,20,22H,2-9,14-15H2,1H3,(H,27,30)/t22-/m1/s1. The zero-order valence-corrected chi connectivity index (χ0v) is 17.7. The molecule has 4 rings (SSSR count). The van der Waals surface area contributed by atoms with Crippen LogP contribution in [0.5, 0.6) is 0 Å². The highest BCUT2D eigenvalue weighted by atomic mass is 19.1. The predicted octanol–water partition coefficient (Wildman–Crippen LogP) is 4.71. The van der Waals surface area contributed by atoms with Crippen LogP contribution in [0.1, 0.15) is 84.8 Å². The summed E-state index contributed by atoms with van der Waals surface area (Å²) in [7, 11) is 0. The normalized spacial score (nSPS) is 20.8. The fourth-order valence-corrected chi connectivity index (χ4v) is 4.83. The van der Waals surface area contributed by atoms with Crippen molar-refractivity contribution in [2.75, 3.05) is 6.54 Å². The zero-order chi connectivity index (χ0) is 20.9. The molecule has 1 aromatic carbocycles. The number of nitrogens with zero attached hydrogens (tertiary/aromatic N) is 3. The molecular weight excluding hydrogens is 379 g/mol. The van der Waals surface area contributed by atoms with Crippen LogP contribution in [0.15, 0.2) is 30.5 Å². The maximum Gasteiger partial charge on any atom is 0.254 e. The van der Waals surface area contributed by atoms with Gasteiger partial charge in [0.2, 0.25) is 0 Å². The first kappa shape index (κ1) is 20.9. The lowest BCUT2D eigenvalue weighted by Crippen LogP contribution is -2.43. The lowest BCUT2D eigenvalue weighted by Gasteiger charge is -2.42. The Bertz CT molecular complexity index is 864. The van der Waals surface area contributed by atoms with Crippen molar-refractivity contribution in [1.29, 1.82) is 0 Å². The highest BCUT2D eigenvalue weighted by molar-refractivity contribution is 5.94. The molecule has 6 heteroatoms. The van der Waals surface area contributed by atoms with Gasteiger partial charge in [-0.2, -0.15) is 0 Å². The van der Waals surface area contributed by atoms with Gasteiger partial charge in [-0.1, -0.05) is 37.8 Å². The molecule has 2 fully saturated rings. The van der Waals surface area contributed by atoms with Gasteiger partial charge in [-0.15, -0.1) is 0 Å². The van der Waals surface area contributed by atoms with Gasteiger partial charge < -0.3 is 5.32 Å². The molecule has 1 saturated carbocycles. The molecule has 0 bridgehead atoms. The van der Waals surface area contributed by atoms with E-state index in [0.717, 1.165) is 24.4 Å². The number of halogens is 1. The summed E-state index contributed by atoms with van der Waals surface area (Å²) in [5.41, 5.74) is 2.07. The summed E-state index contributed by atoms with van der Waals surface area (Å²) in [4.78, 5) is 24.7. The molecule has 1 aromatic heterocycles. The minimum absolute atomic E-state index is 0.198. The molecule has 5 nitrogen and oxygen atoms in total. The number of carbonyl (C=O) groups excluding carboxylic acids is 1. The average molecular weight is 411 g/mol. The Hall–Kier alpha value is -2.34. The van der Waals surface area contributed by atoms with Gasteiger partial charge in [0.25, 0.3) is 5.91 Å². The van der Waals surface area contributed by atoms with Crippen LogP contribution in [0.2, 0.25) is 0 Å². The van der Waals surface area contributed by atoms with Gasteiger partial charge in [0.15, 0.2) is 0 Å². The van der Waals surface area contributed by atoms with E-state index in [1.807, 2.05) is 6.92 Å². The van der Waals surface area contributed by atoms with Crippen molar-refractivity contribution in [3.63, 3.8) is 0 Å². The maximum absolute atomic E-state index is 13.0. The number of aromatic nitrogens is 2. The number of aryl methyl sites for hydroxylation is 1. The van der Waals surface area contributed by atoms with Crippen LogP contribution in [0, 0.1) is 12.7 Å². The molecule has 0 spiro atoms. The van der Waals surface area contributed by atoms with Crippen molar-refractivity contribution < 1.29 is 9.18 Å². The van der Waals surface area contributed by atoms with Gasteiger partial charge in [-0.25, -0.2) is 14.4 Å². The quantitative estimate of drug-likeness (QED) is 0.775. The highest BCUT2D eigenvalue weighted by Gasteiger charge is 2.32. The summed E-state index contributed by atoms with van der Waals surface area (Å²) in [5.74, 6) is 0.374. The number of amides is 1. The molecule has 1 amide bonds. The Kier molecular flexibility index (Phi) is 6.72. The molecule has 1 aliphatic heterocycles. The van der Waals surface area contributed by atoms with Crippen molar-refractivity contribution in [3.05, 3.63) is 58.9 Å². The van der Waals surface area contributed by atoms with Crippen molar-refractivity contribution in [1.82, 2.24) is 20.2 Å². The van der Waals surface area contributed by atoms with E-state index in [1.54, 1.807) is 18.3 Å². The van der Waals surface area contributed by atoms with E-state index in [-0.39, 0.29) is 17.8 Å². The van der Waals surface area contributed by atoms with E-state index >= 15 is 0 Å². The van der Waals surface area contributed by atoms with Crippen molar-refractivity contribution in [2.45, 2.75) is 76.9 Å². The predicted molar refractivity (Wildman–Crippen MR) is 115 cm³/mol. The average Bonchev–Trinajstić information content (AvgIpc) is 2.79. The van der Waals surface area contributed by atoms with Gasteiger partial charge in [-0.05, 0) is 56.8 Å². The molecule has 0 unspecified atom stereocenters. The van der Waals surface area contributed by atoms with Crippen LogP contribution in [-0.4, -0.2) is 33.4 Å². The summed E-state index contributed by atoms with van der Waals surface area (Å²) in [6, 6.07) is 7.04. The number of nitrogens with one attached hydrogen (secondary N) is 1. The Morgan fingerprint density at radius 2 is 1.83 bits per heavy atom. The largest absolute Gasteiger partial charge is 0.348 e. The number of likely N-dealkylation sites (tertiary alicyclic amines) is 1. The third kappa shape index (κ3) is 4.86. The Labute approximate surface area is 178 Å². The van der Waals surface area contributed by atoms with Crippen LogP contribution >= 0.6 is 0 Å². The Morgan fingerprint density at radius 1 is 1.10 bits per heavy atom. The molecule has 30 heavy (non-hydrogen) atoms. The second-order valence-electron chi connectivity index (χ2n) is 8.58. The summed E-state index contributed by atoms with van der Waals surface area (Å²) >= 11 is 0. The van der Waals surface area contributed by atoms with Crippen molar-refractivity contribution in [2.24, 2.45) is 0 Å². The van der Waals surface area contributed by atoms with Crippen LogP contribution in [0.25, 0.3) is 0 Å². The molecule has 2 aliphatic rings. The van der Waals surface area contributed by atoms with E-state index in [9.17, 15) is 9.18 Å². The number of hydrogen-bond donors (Lipinski definition) is 1. The first-order chi connectivity index (χ1) is 14.6. The Morgan fingerprint density at radius 3 is 2.57 bits per heavy atom. The van der Waals surface area contributed by atoms with E-state index in [4.69, 9.17) is 4.98 Å². The first-order valence-electron chi connectivity index (χ1n) is 11.2. The molecular formula is C24H31FN4O. The SMILES string of the molecule is Cc1nc([C@H]2CCCCN2C2CCCCC2)ncc1C(=O)NCc1ccc(F)cc1. The lowest BCUT2D eigenvalue weighted by molar-refractivity contribution is 0.0674. The molecule has 160 valence electrons. The third-order valence-corrected chi connectivity index (χ3v) is 6.49. The lowest BCUT2D eigenvalue weighted by atomic mass is 9.90. The molecule has 1 aliphatic carbocycles. The molecule has 0 radical (unpaired) electrons. The van der Waals surface area contributed by atoms with Crippen LogP contribution in [0.3, 0.4) is 0 Å². The molecule has 2 aromatic rings. The van der Waals surface area contributed by atoms with Gasteiger partial charge in [0.05, 0.1) is 17.3 Å². The van der Waals surface area contributed by atoms with Gasteiger partial charge in [0.1, 0.15) is 11.6 Å². The molecule has 1 saturated heterocycles. The van der Waals surface area contributed by atoms with Crippen LogP contribution in [-0.2, 0) is 6.54 Å². The van der Waals surface area contributed by atoms with Crippen LogP contribution < -0.4 is 5.32 Å². The fourth-order valence-electron chi connectivity index (χ4n) is 4.83. The van der Waals surface area contributed by atoms with Gasteiger partial charge in [0, 0.05) is 18.8 Å². The van der Waals surface area contributed by atoms with Crippen molar-refractivity contribution >= 4 is 5.91 Å². The molecule has 1 atom stereocenters. The van der Waals surface area contributed by atoms with E-state index < -0.39 is 0 Å². The Balaban J connectivity index is 1.44. The molecule has 2 heterocycles. The minimum Gasteiger partial charge on any atom is -0.348 e. The molecule has 1 N–H and O–H groups in total.